The van der Waals surface area contributed by atoms with Crippen molar-refractivity contribution < 1.29 is 0 Å². The summed E-state index contributed by atoms with van der Waals surface area (Å²) in [6.07, 6.45) is 7.84. The van der Waals surface area contributed by atoms with Crippen LogP contribution in [0.4, 0.5) is 0 Å². The minimum atomic E-state index is -0.642. The van der Waals surface area contributed by atoms with E-state index in [1.807, 2.05) is 0 Å². The first kappa shape index (κ1) is 62.2. The van der Waals surface area contributed by atoms with Crippen LogP contribution in [0.5, 0.6) is 0 Å². The van der Waals surface area contributed by atoms with Crippen molar-refractivity contribution in [3.05, 3.63) is 336 Å². The summed E-state index contributed by atoms with van der Waals surface area (Å²) in [5.74, 6) is 0.331. The normalized spacial score (nSPS) is 17.9. The molecule has 490 valence electrons. The molecule has 0 fully saturated rings. The van der Waals surface area contributed by atoms with Crippen LogP contribution in [0.2, 0.25) is 0 Å². The number of fused-ring (bicyclic) bond motifs is 30. The highest BCUT2D eigenvalue weighted by molar-refractivity contribution is 6.00. The summed E-state index contributed by atoms with van der Waals surface area (Å²) in [7, 11) is 0. The molecule has 0 nitrogen and oxygen atoms in total. The van der Waals surface area contributed by atoms with Gasteiger partial charge in [-0.3, -0.25) is 0 Å². The molecule has 7 aliphatic carbocycles. The van der Waals surface area contributed by atoms with E-state index in [0.29, 0.717) is 0 Å². The lowest BCUT2D eigenvalue weighted by atomic mass is 9.63. The molecule has 2 atom stereocenters. The van der Waals surface area contributed by atoms with E-state index in [1.165, 1.54) is 178 Å². The highest BCUT2D eigenvalue weighted by atomic mass is 14.6. The smallest absolute Gasteiger partial charge is 0.0726 e. The Bertz CT molecular complexity index is 5250. The van der Waals surface area contributed by atoms with E-state index in [2.05, 4.69) is 355 Å². The van der Waals surface area contributed by atoms with Crippen LogP contribution in [0.1, 0.15) is 236 Å². The third kappa shape index (κ3) is 8.39. The van der Waals surface area contributed by atoms with Gasteiger partial charge in [0.15, 0.2) is 0 Å². The summed E-state index contributed by atoms with van der Waals surface area (Å²) in [4.78, 5) is 0. The minimum Gasteiger partial charge on any atom is -0.0757 e. The van der Waals surface area contributed by atoms with Crippen LogP contribution in [0.25, 0.3) is 72.3 Å². The molecule has 0 aliphatic heterocycles. The van der Waals surface area contributed by atoms with Gasteiger partial charge >= 0.3 is 0 Å². The van der Waals surface area contributed by atoms with Crippen LogP contribution < -0.4 is 0 Å². The second kappa shape index (κ2) is 20.1. The average molecular weight is 1280 g/mol. The fourth-order valence-corrected chi connectivity index (χ4v) is 19.6. The number of benzene rings is 11. The summed E-state index contributed by atoms with van der Waals surface area (Å²) in [5, 5.41) is 0. The zero-order valence-electron chi connectivity index (χ0n) is 61.6. The SMILES string of the molecule is CC(C)(C)c1ccc2c(c1)C1(c3ccccc3-c3ccc(-c4ccc5c(c4)C4(c6cc(C7=CC8C(C=C7)c7ccccc7C87c8cc(C(C)(C)C)ccc8-c8ccc(C(C)(C)C)cc87)ccc6-5)c5cc(C(C)(C)C)ccc5-c5ccc(C(C)(C)C)cc54)cc31)c1cc(C(C)(C)C)ccc1-2. The van der Waals surface area contributed by atoms with Crippen LogP contribution >= 0.6 is 0 Å². The predicted octanol–water partition coefficient (Wildman–Crippen LogP) is 25.5. The van der Waals surface area contributed by atoms with Crippen molar-refractivity contribution in [2.45, 2.75) is 179 Å². The Morgan fingerprint density at radius 3 is 0.889 bits per heavy atom. The van der Waals surface area contributed by atoms with E-state index in [-0.39, 0.29) is 44.3 Å². The molecule has 0 saturated heterocycles. The Hall–Kier alpha value is -9.10. The van der Waals surface area contributed by atoms with Crippen molar-refractivity contribution in [1.82, 2.24) is 0 Å². The summed E-state index contributed by atoms with van der Waals surface area (Å²) in [6.45, 7) is 42.8. The van der Waals surface area contributed by atoms with Gasteiger partial charge in [0.05, 0.1) is 16.2 Å². The molecule has 0 aromatic heterocycles. The zero-order valence-corrected chi connectivity index (χ0v) is 61.6. The van der Waals surface area contributed by atoms with Crippen molar-refractivity contribution in [3.63, 3.8) is 0 Å². The summed E-state index contributed by atoms with van der Waals surface area (Å²) < 4.78 is 0. The molecular weight excluding hydrogens is 1190 g/mol. The van der Waals surface area contributed by atoms with E-state index in [4.69, 9.17) is 0 Å². The van der Waals surface area contributed by atoms with Gasteiger partial charge in [0.25, 0.3) is 0 Å². The van der Waals surface area contributed by atoms with Gasteiger partial charge in [-0.25, -0.2) is 0 Å². The molecule has 11 aromatic carbocycles. The summed E-state index contributed by atoms with van der Waals surface area (Å²) in [6, 6.07) is 86.6. The van der Waals surface area contributed by atoms with Crippen LogP contribution in [0, 0.1) is 5.92 Å². The van der Waals surface area contributed by atoms with Gasteiger partial charge in [-0.1, -0.05) is 337 Å². The van der Waals surface area contributed by atoms with E-state index < -0.39 is 16.2 Å². The molecule has 99 heavy (non-hydrogen) atoms. The van der Waals surface area contributed by atoms with Gasteiger partial charge in [-0.05, 0) is 229 Å². The molecule has 3 spiro atoms. The van der Waals surface area contributed by atoms with Gasteiger partial charge in [-0.15, -0.1) is 0 Å². The summed E-state index contributed by atoms with van der Waals surface area (Å²) >= 11 is 0. The van der Waals surface area contributed by atoms with Crippen molar-refractivity contribution in [2.24, 2.45) is 5.92 Å². The van der Waals surface area contributed by atoms with E-state index in [0.717, 1.165) is 0 Å². The monoisotopic (exact) mass is 1280 g/mol. The Morgan fingerprint density at radius 2 is 0.515 bits per heavy atom. The second-order valence-corrected chi connectivity index (χ2v) is 36.8. The third-order valence-corrected chi connectivity index (χ3v) is 25.0. The molecule has 0 bridgehead atoms. The van der Waals surface area contributed by atoms with Crippen molar-refractivity contribution >= 4 is 5.57 Å². The van der Waals surface area contributed by atoms with Gasteiger partial charge in [0.2, 0.25) is 0 Å². The standard InChI is InChI=1S/C99H94/c1-91(2,3)61-31-41-73-74-42-32-62(92(4,5)6)52-86(74)97(85(73)51-61)79-25-21-19-23-67(79)69-37-27-57(47-81(69)97)59-29-39-71-72-40-30-60(50-84(72)99(83(71)49-59)89-55-65(95(13,14)15)35-45-77(89)78-46-36-66(56-90(78)99)96(16,17)18)58-28-38-70-68-24-20-22-26-80(68)98(82(70)48-58)87-53-63(93(7,8)9)33-43-75(87)76-44-34-64(54-88(76)98)94(10,11)12/h19-56,69,81H,1-18H3. The lowest BCUT2D eigenvalue weighted by Crippen LogP contribution is -2.34. The Labute approximate surface area is 590 Å². The Balaban J connectivity index is 0.874. The molecule has 18 rings (SSSR count). The molecule has 2 unspecified atom stereocenters. The average Bonchev–Trinajstić information content (AvgIpc) is 1.52. The van der Waals surface area contributed by atoms with Crippen LogP contribution in [-0.2, 0) is 48.7 Å². The molecule has 0 radical (unpaired) electrons. The Kier molecular flexibility index (Phi) is 12.6. The topological polar surface area (TPSA) is 0 Å². The van der Waals surface area contributed by atoms with Crippen LogP contribution in [0.3, 0.4) is 0 Å². The summed E-state index contributed by atoms with van der Waals surface area (Å²) in [5.41, 5.74) is 41.7. The molecule has 7 aliphatic rings. The van der Waals surface area contributed by atoms with Gasteiger partial charge in [0.1, 0.15) is 0 Å². The second-order valence-electron chi connectivity index (χ2n) is 36.8. The third-order valence-electron chi connectivity index (χ3n) is 25.0. The first-order valence-electron chi connectivity index (χ1n) is 36.8. The molecule has 0 N–H and O–H groups in total. The highest BCUT2D eigenvalue weighted by Gasteiger charge is 2.59. The molecule has 0 saturated carbocycles. The first-order valence-corrected chi connectivity index (χ1v) is 36.8. The largest absolute Gasteiger partial charge is 0.0757 e. The van der Waals surface area contributed by atoms with Crippen molar-refractivity contribution in [2.75, 3.05) is 0 Å². The van der Waals surface area contributed by atoms with E-state index in [1.54, 1.807) is 0 Å². The van der Waals surface area contributed by atoms with Crippen LogP contribution in [-0.4, -0.2) is 0 Å². The number of hydrogen-bond acceptors (Lipinski definition) is 0. The lowest BCUT2D eigenvalue weighted by Gasteiger charge is -2.38. The fraction of sp³-hybridized carbons (Fsp3) is 0.293. The maximum Gasteiger partial charge on any atom is 0.0726 e. The van der Waals surface area contributed by atoms with Gasteiger partial charge in [0, 0.05) is 11.8 Å². The molecule has 0 heterocycles. The molecule has 0 amide bonds. The number of hydrogen-bond donors (Lipinski definition) is 0. The minimum absolute atomic E-state index is 0.0244. The van der Waals surface area contributed by atoms with Crippen LogP contribution in [0.15, 0.2) is 231 Å². The Morgan fingerprint density at radius 1 is 0.242 bits per heavy atom. The predicted molar refractivity (Wildman–Crippen MR) is 418 cm³/mol. The first-order chi connectivity index (χ1) is 46.8. The fourth-order valence-electron chi connectivity index (χ4n) is 19.6. The van der Waals surface area contributed by atoms with Gasteiger partial charge < -0.3 is 0 Å². The maximum absolute atomic E-state index is 2.74. The zero-order chi connectivity index (χ0) is 69.0. The molecule has 11 aromatic rings. The number of allylic oxidation sites excluding steroid dienone is 4. The quantitative estimate of drug-likeness (QED) is 0.162. The molecule has 0 heteroatoms. The van der Waals surface area contributed by atoms with E-state index in [9.17, 15) is 0 Å². The van der Waals surface area contributed by atoms with E-state index >= 15 is 0 Å². The lowest BCUT2D eigenvalue weighted by molar-refractivity contribution is 0.464. The molecular formula is C99H94. The maximum atomic E-state index is 2.74. The number of rotatable bonds is 2. The van der Waals surface area contributed by atoms with Crippen molar-refractivity contribution in [1.29, 1.82) is 0 Å². The van der Waals surface area contributed by atoms with Crippen molar-refractivity contribution in [3.8, 4) is 66.8 Å². The van der Waals surface area contributed by atoms with Gasteiger partial charge in [-0.2, -0.15) is 0 Å². The highest BCUT2D eigenvalue weighted by Crippen LogP contribution is 2.69.